The Morgan fingerprint density at radius 2 is 1.95 bits per heavy atom. The van der Waals surface area contributed by atoms with Gasteiger partial charge in [0.2, 0.25) is 0 Å². The van der Waals surface area contributed by atoms with Gasteiger partial charge < -0.3 is 4.74 Å². The van der Waals surface area contributed by atoms with Gasteiger partial charge in [-0.3, -0.25) is 10.1 Å². The van der Waals surface area contributed by atoms with E-state index in [4.69, 9.17) is 16.3 Å². The summed E-state index contributed by atoms with van der Waals surface area (Å²) in [4.78, 5) is 10.2. The molecule has 2 aromatic rings. The maximum atomic E-state index is 10.7. The number of nitrogens with zero attached hydrogens (tertiary/aromatic N) is 1. The number of non-ortho nitro benzene ring substituents is 1. The lowest BCUT2D eigenvalue weighted by Gasteiger charge is -2.07. The lowest BCUT2D eigenvalue weighted by Crippen LogP contribution is -1.90. The van der Waals surface area contributed by atoms with E-state index >= 15 is 0 Å². The van der Waals surface area contributed by atoms with Gasteiger partial charge in [0, 0.05) is 16.4 Å². The molecule has 2 aromatic carbocycles. The van der Waals surface area contributed by atoms with Crippen LogP contribution in [-0.2, 0) is 5.88 Å². The number of hydrogen-bond donors (Lipinski definition) is 0. The zero-order valence-corrected chi connectivity index (χ0v) is 12.0. The van der Waals surface area contributed by atoms with Crippen LogP contribution in [0.2, 0.25) is 0 Å². The summed E-state index contributed by atoms with van der Waals surface area (Å²) in [5.41, 5.74) is 0.946. The number of benzene rings is 2. The van der Waals surface area contributed by atoms with Gasteiger partial charge >= 0.3 is 0 Å². The number of rotatable bonds is 4. The van der Waals surface area contributed by atoms with E-state index in [0.29, 0.717) is 17.4 Å². The van der Waals surface area contributed by atoms with Crippen molar-refractivity contribution in [2.75, 3.05) is 0 Å². The van der Waals surface area contributed by atoms with Gasteiger partial charge in [-0.15, -0.1) is 11.6 Å². The van der Waals surface area contributed by atoms with Gasteiger partial charge in [0.1, 0.15) is 11.5 Å². The van der Waals surface area contributed by atoms with Crippen LogP contribution >= 0.6 is 27.5 Å². The normalized spacial score (nSPS) is 10.2. The third kappa shape index (κ3) is 3.45. The third-order valence-electron chi connectivity index (χ3n) is 2.43. The second kappa shape index (κ2) is 6.04. The van der Waals surface area contributed by atoms with Gasteiger partial charge in [0.15, 0.2) is 0 Å². The summed E-state index contributed by atoms with van der Waals surface area (Å²) in [5.74, 6) is 1.40. The molecule has 0 aliphatic heterocycles. The molecular weight excluding hydrogens is 334 g/mol. The second-order valence-corrected chi connectivity index (χ2v) is 4.86. The van der Waals surface area contributed by atoms with Gasteiger partial charge in [-0.2, -0.15) is 0 Å². The highest BCUT2D eigenvalue weighted by molar-refractivity contribution is 9.10. The van der Waals surface area contributed by atoms with E-state index in [0.717, 1.165) is 10.0 Å². The molecule has 0 saturated heterocycles. The highest BCUT2D eigenvalue weighted by Crippen LogP contribution is 2.29. The van der Waals surface area contributed by atoms with Gasteiger partial charge in [0.25, 0.3) is 5.69 Å². The van der Waals surface area contributed by atoms with Crippen LogP contribution in [0.5, 0.6) is 11.5 Å². The van der Waals surface area contributed by atoms with Crippen LogP contribution in [0.4, 0.5) is 5.69 Å². The fourth-order valence-electron chi connectivity index (χ4n) is 1.50. The predicted molar refractivity (Wildman–Crippen MR) is 76.9 cm³/mol. The largest absolute Gasteiger partial charge is 0.457 e. The van der Waals surface area contributed by atoms with Crippen molar-refractivity contribution in [1.29, 1.82) is 0 Å². The van der Waals surface area contributed by atoms with Gasteiger partial charge in [0.05, 0.1) is 11.0 Å². The van der Waals surface area contributed by atoms with Crippen LogP contribution in [0.3, 0.4) is 0 Å². The first-order valence-corrected chi connectivity index (χ1v) is 6.69. The van der Waals surface area contributed by atoms with E-state index in [2.05, 4.69) is 15.9 Å². The maximum absolute atomic E-state index is 10.7. The van der Waals surface area contributed by atoms with Crippen molar-refractivity contribution in [3.8, 4) is 11.5 Å². The summed E-state index contributed by atoms with van der Waals surface area (Å²) in [5, 5.41) is 10.7. The Labute approximate surface area is 123 Å². The molecule has 0 atom stereocenters. The molecule has 0 unspecified atom stereocenters. The van der Waals surface area contributed by atoms with E-state index in [-0.39, 0.29) is 5.69 Å². The number of alkyl halides is 1. The highest BCUT2D eigenvalue weighted by Gasteiger charge is 2.08. The number of hydrogen-bond acceptors (Lipinski definition) is 3. The molecule has 0 aromatic heterocycles. The zero-order valence-electron chi connectivity index (χ0n) is 9.68. The summed E-state index contributed by atoms with van der Waals surface area (Å²) >= 11 is 9.14. The Morgan fingerprint density at radius 1 is 1.21 bits per heavy atom. The van der Waals surface area contributed by atoms with Crippen LogP contribution in [0.15, 0.2) is 46.9 Å². The second-order valence-electron chi connectivity index (χ2n) is 3.74. The molecule has 0 radical (unpaired) electrons. The van der Waals surface area contributed by atoms with Crippen molar-refractivity contribution < 1.29 is 9.66 Å². The van der Waals surface area contributed by atoms with E-state index < -0.39 is 4.92 Å². The van der Waals surface area contributed by atoms with Crippen molar-refractivity contribution in [3.05, 3.63) is 62.6 Å². The SMILES string of the molecule is O=[N+]([O-])c1cccc(Oc2ccc(CCl)c(Br)c2)c1. The Bertz CT molecular complexity index is 619. The summed E-state index contributed by atoms with van der Waals surface area (Å²) in [7, 11) is 0. The first kappa shape index (κ1) is 13.8. The van der Waals surface area contributed by atoms with Crippen molar-refractivity contribution in [2.24, 2.45) is 0 Å². The molecule has 0 N–H and O–H groups in total. The quantitative estimate of drug-likeness (QED) is 0.451. The fraction of sp³-hybridized carbons (Fsp3) is 0.0769. The van der Waals surface area contributed by atoms with E-state index in [1.165, 1.54) is 12.1 Å². The molecule has 0 fully saturated rings. The van der Waals surface area contributed by atoms with Crippen molar-refractivity contribution in [1.82, 2.24) is 0 Å². The summed E-state index contributed by atoms with van der Waals surface area (Å²) in [6.45, 7) is 0. The topological polar surface area (TPSA) is 52.4 Å². The molecule has 0 heterocycles. The van der Waals surface area contributed by atoms with Crippen LogP contribution in [0.25, 0.3) is 0 Å². The number of nitro benzene ring substituents is 1. The molecule has 0 saturated carbocycles. The summed E-state index contributed by atoms with van der Waals surface area (Å²) in [6.07, 6.45) is 0. The van der Waals surface area contributed by atoms with E-state index in [9.17, 15) is 10.1 Å². The summed E-state index contributed by atoms with van der Waals surface area (Å²) in [6, 6.07) is 11.4. The molecule has 0 aliphatic carbocycles. The average Bonchev–Trinajstić information content (AvgIpc) is 2.39. The molecule has 0 bridgehead atoms. The first-order chi connectivity index (χ1) is 9.10. The minimum absolute atomic E-state index is 0.00561. The maximum Gasteiger partial charge on any atom is 0.273 e. The zero-order chi connectivity index (χ0) is 13.8. The van der Waals surface area contributed by atoms with Crippen LogP contribution in [0.1, 0.15) is 5.56 Å². The van der Waals surface area contributed by atoms with Crippen molar-refractivity contribution in [2.45, 2.75) is 5.88 Å². The molecule has 19 heavy (non-hydrogen) atoms. The van der Waals surface area contributed by atoms with E-state index in [1.807, 2.05) is 6.07 Å². The minimum Gasteiger partial charge on any atom is -0.457 e. The van der Waals surface area contributed by atoms with E-state index in [1.54, 1.807) is 24.3 Å². The van der Waals surface area contributed by atoms with Gasteiger partial charge in [-0.1, -0.05) is 28.1 Å². The highest BCUT2D eigenvalue weighted by atomic mass is 79.9. The molecular formula is C13H9BrClNO3. The first-order valence-electron chi connectivity index (χ1n) is 5.37. The smallest absolute Gasteiger partial charge is 0.273 e. The third-order valence-corrected chi connectivity index (χ3v) is 3.46. The molecule has 2 rings (SSSR count). The lowest BCUT2D eigenvalue weighted by atomic mass is 10.2. The number of ether oxygens (including phenoxy) is 1. The Kier molecular flexibility index (Phi) is 4.39. The summed E-state index contributed by atoms with van der Waals surface area (Å²) < 4.78 is 6.41. The van der Waals surface area contributed by atoms with Crippen LogP contribution < -0.4 is 4.74 Å². The number of nitro groups is 1. The fourth-order valence-corrected chi connectivity index (χ4v) is 2.39. The van der Waals surface area contributed by atoms with Gasteiger partial charge in [-0.25, -0.2) is 0 Å². The molecule has 0 aliphatic rings. The van der Waals surface area contributed by atoms with Crippen molar-refractivity contribution in [3.63, 3.8) is 0 Å². The molecule has 0 amide bonds. The average molecular weight is 343 g/mol. The number of halogens is 2. The van der Waals surface area contributed by atoms with Crippen LogP contribution in [0, 0.1) is 10.1 Å². The molecule has 98 valence electrons. The predicted octanol–water partition coefficient (Wildman–Crippen LogP) is 4.89. The van der Waals surface area contributed by atoms with Crippen molar-refractivity contribution >= 4 is 33.2 Å². The molecule has 6 heteroatoms. The molecule has 4 nitrogen and oxygen atoms in total. The monoisotopic (exact) mass is 341 g/mol. The minimum atomic E-state index is -0.459. The Hall–Kier alpha value is -1.59. The molecule has 0 spiro atoms. The van der Waals surface area contributed by atoms with Crippen LogP contribution in [-0.4, -0.2) is 4.92 Å². The Balaban J connectivity index is 2.23. The standard InChI is InChI=1S/C13H9BrClNO3/c14-13-7-12(5-4-9(13)8-15)19-11-3-1-2-10(6-11)16(17)18/h1-7H,8H2. The lowest BCUT2D eigenvalue weighted by molar-refractivity contribution is -0.384. The van der Waals surface area contributed by atoms with Gasteiger partial charge in [-0.05, 0) is 23.8 Å². The Morgan fingerprint density at radius 3 is 2.58 bits per heavy atom.